The number of unbranched alkanes of at least 4 members (excludes halogenated alkanes) is 1. The first kappa shape index (κ1) is 23.5. The fraction of sp³-hybridized carbons (Fsp3) is 0.286. The second-order valence-corrected chi connectivity index (χ2v) is 8.14. The van der Waals surface area contributed by atoms with Crippen LogP contribution in [0.5, 0.6) is 5.75 Å². The summed E-state index contributed by atoms with van der Waals surface area (Å²) in [5, 5.41) is 0. The topological polar surface area (TPSA) is 65.1 Å². The molecule has 0 radical (unpaired) electrons. The van der Waals surface area contributed by atoms with Crippen molar-refractivity contribution >= 4 is 11.9 Å². The zero-order valence-corrected chi connectivity index (χ0v) is 19.4. The number of carbonyl (C=O) groups is 2. The number of methoxy groups -OCH3 is 1. The van der Waals surface area contributed by atoms with E-state index in [4.69, 9.17) is 14.2 Å². The molecule has 1 unspecified atom stereocenters. The van der Waals surface area contributed by atoms with Crippen molar-refractivity contribution in [3.05, 3.63) is 102 Å². The summed E-state index contributed by atoms with van der Waals surface area (Å²) in [6.07, 6.45) is -0.0524. The van der Waals surface area contributed by atoms with Gasteiger partial charge in [0.15, 0.2) is 12.3 Å². The van der Waals surface area contributed by atoms with Crippen LogP contribution < -0.4 is 4.74 Å². The van der Waals surface area contributed by atoms with E-state index in [0.717, 1.165) is 24.0 Å². The van der Waals surface area contributed by atoms with Crippen molar-refractivity contribution in [2.45, 2.75) is 38.1 Å². The van der Waals surface area contributed by atoms with Gasteiger partial charge in [-0.2, -0.15) is 0 Å². The molecule has 4 rings (SSSR count). The number of hydrogen-bond acceptors (Lipinski definition) is 5. The van der Waals surface area contributed by atoms with Crippen molar-refractivity contribution in [1.29, 1.82) is 0 Å². The van der Waals surface area contributed by atoms with E-state index in [9.17, 15) is 9.59 Å². The standard InChI is InChI=1S/C28H29NO5/c1-3-4-19-33-28(31)25-24(20-11-7-5-8-12-20)29(26(30)21-13-9-6-10-14-21)27(34-25)22-15-17-23(32-2)18-16-22/h5-18,24-25,27H,3-4,19H2,1-2H3/t24-,25+,27?/m0/s1. The van der Waals surface area contributed by atoms with Crippen LogP contribution in [0.1, 0.15) is 53.5 Å². The molecule has 0 N–H and O–H groups in total. The van der Waals surface area contributed by atoms with Gasteiger partial charge in [0.05, 0.1) is 19.8 Å². The predicted octanol–water partition coefficient (Wildman–Crippen LogP) is 5.32. The minimum atomic E-state index is -0.959. The van der Waals surface area contributed by atoms with Gasteiger partial charge in [-0.3, -0.25) is 9.69 Å². The number of rotatable bonds is 8. The maximum atomic E-state index is 13.8. The Kier molecular flexibility index (Phi) is 7.60. The maximum absolute atomic E-state index is 13.8. The van der Waals surface area contributed by atoms with E-state index in [0.29, 0.717) is 17.9 Å². The molecule has 1 heterocycles. The van der Waals surface area contributed by atoms with Crippen molar-refractivity contribution in [1.82, 2.24) is 4.90 Å². The normalized spacial score (nSPS) is 19.6. The van der Waals surface area contributed by atoms with E-state index in [1.165, 1.54) is 0 Å². The van der Waals surface area contributed by atoms with Crippen LogP contribution in [0.4, 0.5) is 0 Å². The van der Waals surface area contributed by atoms with Gasteiger partial charge in [0.25, 0.3) is 5.91 Å². The number of nitrogens with zero attached hydrogens (tertiary/aromatic N) is 1. The number of benzene rings is 3. The van der Waals surface area contributed by atoms with E-state index < -0.39 is 24.3 Å². The molecule has 0 aliphatic carbocycles. The summed E-state index contributed by atoms with van der Waals surface area (Å²) in [6, 6.07) is 25.2. The first-order chi connectivity index (χ1) is 16.6. The Bertz CT molecular complexity index is 1080. The lowest BCUT2D eigenvalue weighted by Gasteiger charge is -2.29. The van der Waals surface area contributed by atoms with Crippen LogP contribution in [0.25, 0.3) is 0 Å². The summed E-state index contributed by atoms with van der Waals surface area (Å²) in [4.78, 5) is 28.7. The Morgan fingerprint density at radius 2 is 1.53 bits per heavy atom. The molecule has 0 bridgehead atoms. The fourth-order valence-electron chi connectivity index (χ4n) is 4.11. The molecule has 3 aromatic carbocycles. The minimum Gasteiger partial charge on any atom is -0.497 e. The molecule has 176 valence electrons. The highest BCUT2D eigenvalue weighted by Gasteiger charge is 2.50. The molecule has 1 aliphatic rings. The van der Waals surface area contributed by atoms with E-state index >= 15 is 0 Å². The molecule has 1 amide bonds. The van der Waals surface area contributed by atoms with Gasteiger partial charge in [-0.25, -0.2) is 4.79 Å². The summed E-state index contributed by atoms with van der Waals surface area (Å²) in [5.41, 5.74) is 2.07. The molecule has 3 aromatic rings. The van der Waals surface area contributed by atoms with Crippen LogP contribution in [0, 0.1) is 0 Å². The Balaban J connectivity index is 1.78. The molecule has 6 nitrogen and oxygen atoms in total. The number of carbonyl (C=O) groups excluding carboxylic acids is 2. The Labute approximate surface area is 200 Å². The molecule has 34 heavy (non-hydrogen) atoms. The second-order valence-electron chi connectivity index (χ2n) is 8.14. The third kappa shape index (κ3) is 4.97. The summed E-state index contributed by atoms with van der Waals surface area (Å²) in [7, 11) is 1.60. The van der Waals surface area contributed by atoms with Crippen molar-refractivity contribution in [3.63, 3.8) is 0 Å². The lowest BCUT2D eigenvalue weighted by atomic mass is 9.99. The molecular formula is C28H29NO5. The highest BCUT2D eigenvalue weighted by molar-refractivity contribution is 5.95. The predicted molar refractivity (Wildman–Crippen MR) is 128 cm³/mol. The van der Waals surface area contributed by atoms with E-state index in [1.54, 1.807) is 24.1 Å². The number of ether oxygens (including phenoxy) is 3. The Hall–Kier alpha value is -3.64. The minimum absolute atomic E-state index is 0.223. The molecule has 1 fully saturated rings. The quantitative estimate of drug-likeness (QED) is 0.337. The Morgan fingerprint density at radius 3 is 2.15 bits per heavy atom. The van der Waals surface area contributed by atoms with E-state index in [2.05, 4.69) is 0 Å². The van der Waals surface area contributed by atoms with Crippen LogP contribution in [0.2, 0.25) is 0 Å². The third-order valence-corrected chi connectivity index (χ3v) is 5.89. The van der Waals surface area contributed by atoms with Gasteiger partial charge >= 0.3 is 5.97 Å². The van der Waals surface area contributed by atoms with Crippen LogP contribution in [0.3, 0.4) is 0 Å². The van der Waals surface area contributed by atoms with Gasteiger partial charge in [0, 0.05) is 11.1 Å². The molecule has 1 aliphatic heterocycles. The lowest BCUT2D eigenvalue weighted by Crippen LogP contribution is -2.37. The van der Waals surface area contributed by atoms with Crippen LogP contribution in [-0.4, -0.2) is 36.6 Å². The highest BCUT2D eigenvalue weighted by Crippen LogP contribution is 2.44. The first-order valence-corrected chi connectivity index (χ1v) is 11.5. The van der Waals surface area contributed by atoms with Gasteiger partial charge in [0.1, 0.15) is 5.75 Å². The molecule has 1 saturated heterocycles. The highest BCUT2D eigenvalue weighted by atomic mass is 16.6. The SMILES string of the molecule is CCCCOC(=O)[C@@H]1OC(c2ccc(OC)cc2)N(C(=O)c2ccccc2)[C@H]1c1ccccc1. The molecule has 0 saturated carbocycles. The smallest absolute Gasteiger partial charge is 0.337 e. The van der Waals surface area contributed by atoms with Gasteiger partial charge in [-0.15, -0.1) is 0 Å². The second kappa shape index (κ2) is 11.0. The molecular weight excluding hydrogens is 430 g/mol. The van der Waals surface area contributed by atoms with Crippen molar-refractivity contribution in [2.24, 2.45) is 0 Å². The van der Waals surface area contributed by atoms with E-state index in [1.807, 2.05) is 79.7 Å². The Morgan fingerprint density at radius 1 is 0.882 bits per heavy atom. The fourth-order valence-corrected chi connectivity index (χ4v) is 4.11. The summed E-state index contributed by atoms with van der Waals surface area (Å²) in [6.45, 7) is 2.35. The summed E-state index contributed by atoms with van der Waals surface area (Å²) >= 11 is 0. The van der Waals surface area contributed by atoms with Gasteiger partial charge in [0.2, 0.25) is 0 Å². The number of amides is 1. The van der Waals surface area contributed by atoms with Gasteiger partial charge in [-0.1, -0.05) is 74.0 Å². The van der Waals surface area contributed by atoms with E-state index in [-0.39, 0.29) is 5.91 Å². The van der Waals surface area contributed by atoms with Gasteiger partial charge in [-0.05, 0) is 36.2 Å². The molecule has 6 heteroatoms. The number of hydrogen-bond donors (Lipinski definition) is 0. The van der Waals surface area contributed by atoms with Crippen molar-refractivity contribution in [3.8, 4) is 5.75 Å². The molecule has 0 aromatic heterocycles. The third-order valence-electron chi connectivity index (χ3n) is 5.89. The average Bonchev–Trinajstić information content (AvgIpc) is 3.30. The largest absolute Gasteiger partial charge is 0.497 e. The van der Waals surface area contributed by atoms with Crippen LogP contribution in [-0.2, 0) is 14.3 Å². The summed E-state index contributed by atoms with van der Waals surface area (Å²) in [5.74, 6) is 0.00104. The zero-order chi connectivity index (χ0) is 23.9. The average molecular weight is 460 g/mol. The van der Waals surface area contributed by atoms with Crippen molar-refractivity contribution < 1.29 is 23.8 Å². The number of esters is 1. The van der Waals surface area contributed by atoms with Gasteiger partial charge < -0.3 is 14.2 Å². The summed E-state index contributed by atoms with van der Waals surface area (Å²) < 4.78 is 17.2. The lowest BCUT2D eigenvalue weighted by molar-refractivity contribution is -0.157. The molecule has 0 spiro atoms. The van der Waals surface area contributed by atoms with Crippen LogP contribution in [0.15, 0.2) is 84.9 Å². The molecule has 3 atom stereocenters. The monoisotopic (exact) mass is 459 g/mol. The maximum Gasteiger partial charge on any atom is 0.337 e. The zero-order valence-electron chi connectivity index (χ0n) is 19.4. The first-order valence-electron chi connectivity index (χ1n) is 11.5. The van der Waals surface area contributed by atoms with Crippen LogP contribution >= 0.6 is 0 Å². The van der Waals surface area contributed by atoms with Crippen molar-refractivity contribution in [2.75, 3.05) is 13.7 Å².